The van der Waals surface area contributed by atoms with Crippen molar-refractivity contribution in [1.29, 1.82) is 0 Å². The second kappa shape index (κ2) is 4.02. The van der Waals surface area contributed by atoms with E-state index in [1.807, 2.05) is 0 Å². The lowest BCUT2D eigenvalue weighted by Gasteiger charge is -2.13. The van der Waals surface area contributed by atoms with Crippen LogP contribution >= 0.6 is 11.6 Å². The molecule has 1 aromatic carbocycles. The Labute approximate surface area is 110 Å². The van der Waals surface area contributed by atoms with E-state index in [-0.39, 0.29) is 5.38 Å². The number of hydrogen-bond donors (Lipinski definition) is 0. The summed E-state index contributed by atoms with van der Waals surface area (Å²) < 4.78 is 0. The van der Waals surface area contributed by atoms with Gasteiger partial charge in [-0.25, -0.2) is 0 Å². The van der Waals surface area contributed by atoms with Gasteiger partial charge in [0.2, 0.25) is 0 Å². The van der Waals surface area contributed by atoms with Crippen molar-refractivity contribution in [1.82, 2.24) is 0 Å². The molecule has 0 bridgehead atoms. The molecule has 1 saturated carbocycles. The maximum absolute atomic E-state index is 6.65. The molecule has 1 aromatic rings. The van der Waals surface area contributed by atoms with Crippen LogP contribution in [0.1, 0.15) is 38.8 Å². The van der Waals surface area contributed by atoms with Crippen molar-refractivity contribution < 1.29 is 0 Å². The summed E-state index contributed by atoms with van der Waals surface area (Å²) in [7, 11) is 0. The first kappa shape index (κ1) is 13.0. The highest BCUT2D eigenvalue weighted by atomic mass is 35.5. The number of aryl methyl sites for hydroxylation is 1. The fourth-order valence-corrected chi connectivity index (χ4v) is 4.11. The SMILES string of the molecule is Cc1ccccc1CC(Cl)C1C(C)(C)C1(C)C. The molecule has 0 N–H and O–H groups in total. The third kappa shape index (κ3) is 2.01. The van der Waals surface area contributed by atoms with Gasteiger partial charge in [-0.3, -0.25) is 0 Å². The maximum atomic E-state index is 6.65. The molecular formula is C16H23Cl. The largest absolute Gasteiger partial charge is 0.122 e. The summed E-state index contributed by atoms with van der Waals surface area (Å²) in [4.78, 5) is 0. The Morgan fingerprint density at radius 3 is 2.12 bits per heavy atom. The molecule has 0 amide bonds. The van der Waals surface area contributed by atoms with Crippen LogP contribution in [0.2, 0.25) is 0 Å². The minimum atomic E-state index is 0.251. The Balaban J connectivity index is 2.10. The second-order valence-corrected chi connectivity index (χ2v) is 7.13. The van der Waals surface area contributed by atoms with Gasteiger partial charge < -0.3 is 0 Å². The first-order valence-corrected chi connectivity index (χ1v) is 6.90. The lowest BCUT2D eigenvalue weighted by molar-refractivity contribution is 0.457. The zero-order valence-electron chi connectivity index (χ0n) is 11.5. The molecule has 1 aliphatic carbocycles. The van der Waals surface area contributed by atoms with Crippen LogP contribution in [0, 0.1) is 23.7 Å². The first-order valence-electron chi connectivity index (χ1n) is 6.47. The highest BCUT2D eigenvalue weighted by Gasteiger charge is 2.66. The van der Waals surface area contributed by atoms with Crippen molar-refractivity contribution >= 4 is 11.6 Å². The highest BCUT2D eigenvalue weighted by molar-refractivity contribution is 6.21. The molecule has 0 nitrogen and oxygen atoms in total. The van der Waals surface area contributed by atoms with E-state index in [1.165, 1.54) is 11.1 Å². The van der Waals surface area contributed by atoms with Crippen molar-refractivity contribution in [3.8, 4) is 0 Å². The molecule has 0 aromatic heterocycles. The molecule has 0 spiro atoms. The van der Waals surface area contributed by atoms with Crippen molar-refractivity contribution in [3.05, 3.63) is 35.4 Å². The second-order valence-electron chi connectivity index (χ2n) is 6.57. The van der Waals surface area contributed by atoms with E-state index >= 15 is 0 Å². The predicted octanol–water partition coefficient (Wildman–Crippen LogP) is 4.83. The molecule has 1 heteroatoms. The van der Waals surface area contributed by atoms with Crippen molar-refractivity contribution in [2.24, 2.45) is 16.7 Å². The summed E-state index contributed by atoms with van der Waals surface area (Å²) >= 11 is 6.65. The average molecular weight is 251 g/mol. The van der Waals surface area contributed by atoms with Crippen LogP contribution in [0.25, 0.3) is 0 Å². The van der Waals surface area contributed by atoms with E-state index in [1.54, 1.807) is 0 Å². The summed E-state index contributed by atoms with van der Waals surface area (Å²) in [6.45, 7) is 11.5. The number of halogens is 1. The number of benzene rings is 1. The van der Waals surface area contributed by atoms with Crippen LogP contribution in [0.15, 0.2) is 24.3 Å². The maximum Gasteiger partial charge on any atom is 0.0415 e. The Morgan fingerprint density at radius 2 is 1.65 bits per heavy atom. The van der Waals surface area contributed by atoms with Gasteiger partial charge in [-0.05, 0) is 41.2 Å². The molecule has 0 radical (unpaired) electrons. The molecule has 2 rings (SSSR count). The third-order valence-electron chi connectivity index (χ3n) is 5.17. The van der Waals surface area contributed by atoms with Gasteiger partial charge in [0.15, 0.2) is 0 Å². The minimum absolute atomic E-state index is 0.251. The van der Waals surface area contributed by atoms with Crippen LogP contribution in [-0.2, 0) is 6.42 Å². The van der Waals surface area contributed by atoms with Crippen LogP contribution in [0.4, 0.5) is 0 Å². The Morgan fingerprint density at radius 1 is 1.12 bits per heavy atom. The van der Waals surface area contributed by atoms with E-state index in [2.05, 4.69) is 58.9 Å². The topological polar surface area (TPSA) is 0 Å². The molecule has 17 heavy (non-hydrogen) atoms. The zero-order valence-corrected chi connectivity index (χ0v) is 12.3. The quantitative estimate of drug-likeness (QED) is 0.675. The van der Waals surface area contributed by atoms with E-state index in [0.29, 0.717) is 16.7 Å². The Hall–Kier alpha value is -0.490. The van der Waals surface area contributed by atoms with Gasteiger partial charge in [0, 0.05) is 5.38 Å². The molecular weight excluding hydrogens is 228 g/mol. The van der Waals surface area contributed by atoms with Crippen LogP contribution in [0.3, 0.4) is 0 Å². The summed E-state index contributed by atoms with van der Waals surface area (Å²) in [6.07, 6.45) is 0.992. The van der Waals surface area contributed by atoms with Gasteiger partial charge in [-0.2, -0.15) is 0 Å². The molecule has 0 saturated heterocycles. The van der Waals surface area contributed by atoms with Gasteiger partial charge in [-0.15, -0.1) is 11.6 Å². The van der Waals surface area contributed by atoms with Crippen LogP contribution in [-0.4, -0.2) is 5.38 Å². The molecule has 0 aliphatic heterocycles. The monoisotopic (exact) mass is 250 g/mol. The first-order chi connectivity index (χ1) is 7.78. The van der Waals surface area contributed by atoms with E-state index in [4.69, 9.17) is 11.6 Å². The fourth-order valence-electron chi connectivity index (χ4n) is 3.32. The third-order valence-corrected chi connectivity index (χ3v) is 5.58. The van der Waals surface area contributed by atoms with E-state index in [9.17, 15) is 0 Å². The molecule has 1 fully saturated rings. The molecule has 1 unspecified atom stereocenters. The van der Waals surface area contributed by atoms with Gasteiger partial charge in [-0.1, -0.05) is 52.0 Å². The standard InChI is InChI=1S/C16H23Cl/c1-11-8-6-7-9-12(11)10-13(17)14-15(2,3)16(14,4)5/h6-9,13-14H,10H2,1-5H3. The highest BCUT2D eigenvalue weighted by Crippen LogP contribution is 2.70. The van der Waals surface area contributed by atoms with E-state index in [0.717, 1.165) is 6.42 Å². The lowest BCUT2D eigenvalue weighted by Crippen LogP contribution is -2.11. The van der Waals surface area contributed by atoms with Crippen molar-refractivity contribution in [3.63, 3.8) is 0 Å². The van der Waals surface area contributed by atoms with Crippen molar-refractivity contribution in [2.75, 3.05) is 0 Å². The van der Waals surface area contributed by atoms with Gasteiger partial charge in [0.1, 0.15) is 0 Å². The smallest absolute Gasteiger partial charge is 0.0415 e. The predicted molar refractivity (Wildman–Crippen MR) is 75.6 cm³/mol. The fraction of sp³-hybridized carbons (Fsp3) is 0.625. The molecule has 0 heterocycles. The summed E-state index contributed by atoms with van der Waals surface area (Å²) in [6, 6.07) is 8.57. The molecule has 94 valence electrons. The van der Waals surface area contributed by atoms with E-state index < -0.39 is 0 Å². The summed E-state index contributed by atoms with van der Waals surface area (Å²) in [5.41, 5.74) is 3.50. The molecule has 1 aliphatic rings. The number of rotatable bonds is 3. The average Bonchev–Trinajstić information content (AvgIpc) is 2.61. The van der Waals surface area contributed by atoms with Crippen LogP contribution < -0.4 is 0 Å². The van der Waals surface area contributed by atoms with Gasteiger partial charge in [0.25, 0.3) is 0 Å². The van der Waals surface area contributed by atoms with Crippen molar-refractivity contribution in [2.45, 2.75) is 46.4 Å². The summed E-state index contributed by atoms with van der Waals surface area (Å²) in [5, 5.41) is 0.251. The number of hydrogen-bond acceptors (Lipinski definition) is 0. The minimum Gasteiger partial charge on any atom is -0.122 e. The Bertz CT molecular complexity index is 403. The van der Waals surface area contributed by atoms with Gasteiger partial charge in [0.05, 0.1) is 0 Å². The lowest BCUT2D eigenvalue weighted by atomic mass is 9.99. The van der Waals surface area contributed by atoms with Gasteiger partial charge >= 0.3 is 0 Å². The normalized spacial score (nSPS) is 23.4. The molecule has 1 atom stereocenters. The van der Waals surface area contributed by atoms with Crippen LogP contribution in [0.5, 0.6) is 0 Å². The summed E-state index contributed by atoms with van der Waals surface area (Å²) in [5.74, 6) is 0.622. The number of alkyl halides is 1. The zero-order chi connectivity index (χ0) is 12.8. The Kier molecular flexibility index (Phi) is 3.06.